The minimum Gasteiger partial charge on any atom is -0.809 e. The van der Waals surface area contributed by atoms with Crippen molar-refractivity contribution in [3.63, 3.8) is 0 Å². The van der Waals surface area contributed by atoms with Crippen molar-refractivity contribution in [2.45, 2.75) is 5.52 Å². The predicted molar refractivity (Wildman–Crippen MR) is 44.7 cm³/mol. The Morgan fingerprint density at radius 1 is 1.18 bits per heavy atom. The van der Waals surface area contributed by atoms with Gasteiger partial charge in [-0.05, 0) is 15.2 Å². The molecule has 0 aliphatic rings. The predicted octanol–water partition coefficient (Wildman–Crippen LogP) is -2.34. The number of nitrogens with one attached hydrogen (secondary N) is 1. The minimum absolute atomic E-state index is 0. The second-order valence-corrected chi connectivity index (χ2v) is 6.93. The summed E-state index contributed by atoms with van der Waals surface area (Å²) in [5.41, 5.74) is -2.70. The fraction of sp³-hybridized carbons (Fsp3) is 0.250. The van der Waals surface area contributed by atoms with Crippen molar-refractivity contribution in [2.24, 2.45) is 0 Å². The Kier molecular flexibility index (Phi) is 9.32. The number of aromatic nitrogens is 1. The molecule has 17 heavy (non-hydrogen) atoms. The van der Waals surface area contributed by atoms with Gasteiger partial charge >= 0.3 is 0 Å². The zero-order valence-corrected chi connectivity index (χ0v) is 13.1. The molecule has 1 N–H and O–H groups in total. The Labute approximate surface area is 132 Å². The van der Waals surface area contributed by atoms with E-state index in [9.17, 15) is 28.7 Å². The third-order valence-electron chi connectivity index (χ3n) is 1.28. The molecule has 2 radical (unpaired) electrons. The van der Waals surface area contributed by atoms with Crippen LogP contribution in [0.3, 0.4) is 0 Å². The molecule has 0 aromatic carbocycles. The summed E-state index contributed by atoms with van der Waals surface area (Å²) in [4.78, 5) is 45.6. The molecule has 0 spiro atoms. The fourth-order valence-electron chi connectivity index (χ4n) is 0.736. The first-order valence-corrected chi connectivity index (χ1v) is 7.51. The SMILES string of the molecule is O=P([O-])([O-])C(Nc1nccs1)P(=O)([O-])[O-].[Ag].[Ag]. The van der Waals surface area contributed by atoms with Gasteiger partial charge in [-0.2, -0.15) is 0 Å². The van der Waals surface area contributed by atoms with Gasteiger partial charge in [-0.3, -0.25) is 0 Å². The van der Waals surface area contributed by atoms with Gasteiger partial charge in [0.1, 0.15) is 0 Å². The summed E-state index contributed by atoms with van der Waals surface area (Å²) in [6, 6.07) is 0. The van der Waals surface area contributed by atoms with E-state index < -0.39 is 20.7 Å². The molecule has 0 amide bonds. The van der Waals surface area contributed by atoms with E-state index in [-0.39, 0.29) is 49.9 Å². The molecule has 108 valence electrons. The molecule has 0 atom stereocenters. The van der Waals surface area contributed by atoms with Gasteiger partial charge in [0.25, 0.3) is 0 Å². The molecule has 13 heteroatoms. The molecule has 0 aliphatic heterocycles. The van der Waals surface area contributed by atoms with Gasteiger partial charge in [-0.15, -0.1) is 11.3 Å². The molecule has 0 bridgehead atoms. The van der Waals surface area contributed by atoms with E-state index in [2.05, 4.69) is 4.98 Å². The molecule has 1 heterocycles. The van der Waals surface area contributed by atoms with Gasteiger partial charge < -0.3 is 34.0 Å². The van der Waals surface area contributed by atoms with Crippen molar-refractivity contribution in [1.82, 2.24) is 4.98 Å². The first-order chi connectivity index (χ1) is 6.71. The van der Waals surface area contributed by atoms with Crippen LogP contribution >= 0.6 is 26.5 Å². The molecule has 1 rings (SSSR count). The Morgan fingerprint density at radius 2 is 1.65 bits per heavy atom. The second kappa shape index (κ2) is 7.72. The second-order valence-electron chi connectivity index (χ2n) is 2.43. The maximum atomic E-state index is 10.5. The van der Waals surface area contributed by atoms with Crippen LogP contribution in [0.5, 0.6) is 0 Å². The molecule has 0 aliphatic carbocycles. The van der Waals surface area contributed by atoms with Crippen molar-refractivity contribution in [3.05, 3.63) is 11.6 Å². The molecule has 1 aromatic heterocycles. The van der Waals surface area contributed by atoms with E-state index in [4.69, 9.17) is 0 Å². The van der Waals surface area contributed by atoms with Crippen LogP contribution in [0.1, 0.15) is 0 Å². The van der Waals surface area contributed by atoms with Gasteiger partial charge in [0.2, 0.25) is 0 Å². The summed E-state index contributed by atoms with van der Waals surface area (Å²) < 4.78 is 21.0. The number of nitrogens with zero attached hydrogens (tertiary/aromatic N) is 1. The van der Waals surface area contributed by atoms with E-state index in [0.717, 1.165) is 11.3 Å². The van der Waals surface area contributed by atoms with Gasteiger partial charge in [0.05, 0.1) is 5.52 Å². The summed E-state index contributed by atoms with van der Waals surface area (Å²) in [5.74, 6) is 0. The third kappa shape index (κ3) is 6.79. The normalized spacial score (nSPS) is 11.6. The monoisotopic (exact) mass is 484 g/mol. The maximum Gasteiger partial charge on any atom is 0.183 e. The van der Waals surface area contributed by atoms with Crippen LogP contribution in [-0.2, 0) is 53.9 Å². The Balaban J connectivity index is 0. The topological polar surface area (TPSA) is 151 Å². The fourth-order valence-corrected chi connectivity index (χ4v) is 3.42. The Bertz CT molecular complexity index is 396. The van der Waals surface area contributed by atoms with Gasteiger partial charge in [-0.1, -0.05) is 0 Å². The number of anilines is 1. The van der Waals surface area contributed by atoms with Crippen LogP contribution in [0.4, 0.5) is 5.13 Å². The molecule has 1 aromatic rings. The molecule has 0 fully saturated rings. The van der Waals surface area contributed by atoms with E-state index >= 15 is 0 Å². The molecule has 0 saturated carbocycles. The van der Waals surface area contributed by atoms with Crippen LogP contribution in [-0.4, -0.2) is 10.5 Å². The van der Waals surface area contributed by atoms with Crippen LogP contribution < -0.4 is 24.9 Å². The number of hydrogen-bond acceptors (Lipinski definition) is 9. The van der Waals surface area contributed by atoms with Crippen molar-refractivity contribution in [3.8, 4) is 0 Å². The van der Waals surface area contributed by atoms with Crippen LogP contribution in [0.25, 0.3) is 0 Å². The van der Waals surface area contributed by atoms with Crippen molar-refractivity contribution in [1.29, 1.82) is 0 Å². The molecule has 0 unspecified atom stereocenters. The average Bonchev–Trinajstić information content (AvgIpc) is 2.46. The summed E-state index contributed by atoms with van der Waals surface area (Å²) in [7, 11) is -11.1. The van der Waals surface area contributed by atoms with Gasteiger partial charge in [0.15, 0.2) is 5.13 Å². The number of thiazole rings is 1. The zero-order valence-electron chi connectivity index (χ0n) is 7.53. The Morgan fingerprint density at radius 3 is 1.94 bits per heavy atom. The molecular weight excluding hydrogens is 482 g/mol. The zero-order chi connectivity index (χ0) is 11.7. The number of hydrogen-bond donors (Lipinski definition) is 1. The van der Waals surface area contributed by atoms with E-state index in [0.29, 0.717) is 0 Å². The van der Waals surface area contributed by atoms with Crippen molar-refractivity contribution in [2.75, 3.05) is 5.32 Å². The third-order valence-corrected chi connectivity index (χ3v) is 5.14. The molecule has 8 nitrogen and oxygen atoms in total. The van der Waals surface area contributed by atoms with Crippen molar-refractivity contribution >= 4 is 31.7 Å². The van der Waals surface area contributed by atoms with Crippen LogP contribution in [0.15, 0.2) is 11.6 Å². The first kappa shape index (κ1) is 20.5. The van der Waals surface area contributed by atoms with Crippen molar-refractivity contribution < 1.29 is 73.5 Å². The van der Waals surface area contributed by atoms with Crippen LogP contribution in [0.2, 0.25) is 0 Å². The van der Waals surface area contributed by atoms with Gasteiger partial charge in [-0.25, -0.2) is 4.98 Å². The average molecular weight is 486 g/mol. The molecule has 0 saturated heterocycles. The summed E-state index contributed by atoms with van der Waals surface area (Å²) in [6.07, 6.45) is 1.26. The number of rotatable bonds is 4. The summed E-state index contributed by atoms with van der Waals surface area (Å²) in [6.45, 7) is 0. The smallest absolute Gasteiger partial charge is 0.183 e. The standard InChI is InChI=1S/C4H8N2O6P2S.2Ag/c7-13(8,9)4(14(10,11)12)6-3-5-1-2-15-3;;/h1-2,4H,(H,5,6)(H2,7,8,9)(H2,10,11,12);;/p-4. The summed E-state index contributed by atoms with van der Waals surface area (Å²) >= 11 is 0.863. The maximum absolute atomic E-state index is 10.5. The van der Waals surface area contributed by atoms with E-state index in [1.807, 2.05) is 0 Å². The van der Waals surface area contributed by atoms with E-state index in [1.165, 1.54) is 11.6 Å². The molecular formula is C4H4Ag2N2O6P2S-4. The first-order valence-electron chi connectivity index (χ1n) is 3.41. The van der Waals surface area contributed by atoms with Crippen LogP contribution in [0, 0.1) is 0 Å². The largest absolute Gasteiger partial charge is 0.809 e. The van der Waals surface area contributed by atoms with E-state index in [1.54, 1.807) is 5.32 Å². The quantitative estimate of drug-likeness (QED) is 0.368. The van der Waals surface area contributed by atoms with Gasteiger partial charge in [0, 0.05) is 56.3 Å². The minimum atomic E-state index is -5.57. The summed E-state index contributed by atoms with van der Waals surface area (Å²) in [5, 5.41) is 3.06. The Hall–Kier alpha value is 1.21.